The predicted molar refractivity (Wildman–Crippen MR) is 66.6 cm³/mol. The highest BCUT2D eigenvalue weighted by Crippen LogP contribution is 2.31. The Kier molecular flexibility index (Phi) is 4.01. The number of carboxylic acid groups (broad SMARTS) is 1. The first kappa shape index (κ1) is 14.4. The lowest BCUT2D eigenvalue weighted by Crippen LogP contribution is -2.00. The topological polar surface area (TPSA) is 75.2 Å². The zero-order valence-corrected chi connectivity index (χ0v) is 11.0. The fraction of sp³-hybridized carbons (Fsp3) is 0.167. The van der Waals surface area contributed by atoms with Gasteiger partial charge in [0.05, 0.1) is 12.3 Å². The molecule has 20 heavy (non-hydrogen) atoms. The van der Waals surface area contributed by atoms with E-state index in [1.54, 1.807) is 0 Å². The van der Waals surface area contributed by atoms with Crippen molar-refractivity contribution in [3.05, 3.63) is 40.0 Å². The number of nitrogens with one attached hydrogen (secondary N) is 1. The second kappa shape index (κ2) is 5.56. The lowest BCUT2D eigenvalue weighted by Gasteiger charge is -2.08. The van der Waals surface area contributed by atoms with Crippen molar-refractivity contribution in [1.29, 1.82) is 0 Å². The first-order valence-corrected chi connectivity index (χ1v) is 5.78. The van der Waals surface area contributed by atoms with Crippen LogP contribution in [0.5, 0.6) is 0 Å². The molecule has 0 atom stereocenters. The van der Waals surface area contributed by atoms with Crippen LogP contribution in [0.1, 0.15) is 16.1 Å². The van der Waals surface area contributed by atoms with Crippen LogP contribution in [-0.4, -0.2) is 28.4 Å². The molecule has 0 aliphatic carbocycles. The van der Waals surface area contributed by atoms with Gasteiger partial charge in [-0.25, -0.2) is 13.6 Å². The largest absolute Gasteiger partial charge is 0.477 e. The van der Waals surface area contributed by atoms with E-state index in [0.29, 0.717) is 0 Å². The predicted octanol–water partition coefficient (Wildman–Crippen LogP) is 2.85. The van der Waals surface area contributed by atoms with E-state index in [1.165, 1.54) is 13.2 Å². The summed E-state index contributed by atoms with van der Waals surface area (Å²) in [6, 6.07) is 2.27. The molecule has 0 aliphatic rings. The van der Waals surface area contributed by atoms with Crippen LogP contribution >= 0.6 is 11.6 Å². The third kappa shape index (κ3) is 2.50. The number of halogens is 3. The van der Waals surface area contributed by atoms with Crippen molar-refractivity contribution < 1.29 is 23.4 Å². The van der Waals surface area contributed by atoms with E-state index in [2.05, 4.69) is 10.2 Å². The molecule has 0 spiro atoms. The van der Waals surface area contributed by atoms with Crippen molar-refractivity contribution in [1.82, 2.24) is 10.2 Å². The van der Waals surface area contributed by atoms with Gasteiger partial charge in [0.2, 0.25) is 0 Å². The van der Waals surface area contributed by atoms with Crippen LogP contribution in [0.2, 0.25) is 5.02 Å². The highest BCUT2D eigenvalue weighted by Gasteiger charge is 2.21. The summed E-state index contributed by atoms with van der Waals surface area (Å²) < 4.78 is 32.6. The number of rotatable bonds is 4. The van der Waals surface area contributed by atoms with E-state index in [9.17, 15) is 13.6 Å². The fourth-order valence-corrected chi connectivity index (χ4v) is 1.91. The average Bonchev–Trinajstić information content (AvgIpc) is 2.88. The van der Waals surface area contributed by atoms with Crippen LogP contribution in [0.3, 0.4) is 0 Å². The molecule has 0 aliphatic heterocycles. The minimum atomic E-state index is -1.26. The Labute approximate surface area is 117 Å². The van der Waals surface area contributed by atoms with Gasteiger partial charge in [0.1, 0.15) is 5.69 Å². The van der Waals surface area contributed by atoms with E-state index < -0.39 is 17.6 Å². The number of aromatic amines is 1. The summed E-state index contributed by atoms with van der Waals surface area (Å²) in [4.78, 5) is 10.7. The maximum atomic E-state index is 14.0. The minimum Gasteiger partial charge on any atom is -0.477 e. The molecule has 0 unspecified atom stereocenters. The summed E-state index contributed by atoms with van der Waals surface area (Å²) in [7, 11) is 1.33. The molecule has 2 aromatic rings. The zero-order valence-electron chi connectivity index (χ0n) is 10.2. The summed E-state index contributed by atoms with van der Waals surface area (Å²) in [6.45, 7) is -0.178. The Morgan fingerprint density at radius 1 is 1.45 bits per heavy atom. The van der Waals surface area contributed by atoms with Crippen LogP contribution in [0.15, 0.2) is 12.1 Å². The number of methoxy groups -OCH3 is 1. The van der Waals surface area contributed by atoms with Gasteiger partial charge >= 0.3 is 5.97 Å². The highest BCUT2D eigenvalue weighted by molar-refractivity contribution is 6.31. The maximum absolute atomic E-state index is 14.0. The van der Waals surface area contributed by atoms with Gasteiger partial charge in [0, 0.05) is 23.3 Å². The smallest absolute Gasteiger partial charge is 0.353 e. The summed E-state index contributed by atoms with van der Waals surface area (Å²) in [5, 5.41) is 14.6. The number of H-pyrrole nitrogens is 1. The molecular weight excluding hydrogens is 294 g/mol. The van der Waals surface area contributed by atoms with Gasteiger partial charge in [0.25, 0.3) is 0 Å². The summed E-state index contributed by atoms with van der Waals surface area (Å²) >= 11 is 5.86. The van der Waals surface area contributed by atoms with E-state index in [1.807, 2.05) is 0 Å². The highest BCUT2D eigenvalue weighted by atomic mass is 35.5. The van der Waals surface area contributed by atoms with Crippen molar-refractivity contribution >= 4 is 17.6 Å². The van der Waals surface area contributed by atoms with E-state index in [0.717, 1.165) is 6.07 Å². The molecule has 5 nitrogen and oxygen atoms in total. The molecule has 0 bridgehead atoms. The van der Waals surface area contributed by atoms with Gasteiger partial charge in [-0.1, -0.05) is 11.6 Å². The third-order valence-corrected chi connectivity index (χ3v) is 2.96. The molecule has 106 valence electrons. The van der Waals surface area contributed by atoms with Gasteiger partial charge in [-0.3, -0.25) is 5.10 Å². The van der Waals surface area contributed by atoms with Crippen molar-refractivity contribution in [2.45, 2.75) is 6.61 Å². The van der Waals surface area contributed by atoms with Crippen LogP contribution < -0.4 is 0 Å². The fourth-order valence-electron chi connectivity index (χ4n) is 1.67. The van der Waals surface area contributed by atoms with Crippen molar-refractivity contribution in [3.8, 4) is 11.3 Å². The number of nitrogens with zero attached hydrogens (tertiary/aromatic N) is 1. The Morgan fingerprint density at radius 2 is 2.15 bits per heavy atom. The van der Waals surface area contributed by atoms with Crippen molar-refractivity contribution in [2.24, 2.45) is 0 Å². The van der Waals surface area contributed by atoms with E-state index in [-0.39, 0.29) is 34.1 Å². The zero-order chi connectivity index (χ0) is 14.9. The Bertz CT molecular complexity index is 673. The number of hydrogen-bond donors (Lipinski definition) is 2. The van der Waals surface area contributed by atoms with Crippen molar-refractivity contribution in [3.63, 3.8) is 0 Å². The molecule has 0 amide bonds. The molecule has 2 N–H and O–H groups in total. The second-order valence-electron chi connectivity index (χ2n) is 3.92. The average molecular weight is 303 g/mol. The first-order valence-electron chi connectivity index (χ1n) is 5.40. The number of hydrogen-bond acceptors (Lipinski definition) is 3. The van der Waals surface area contributed by atoms with Gasteiger partial charge in [-0.15, -0.1) is 0 Å². The Balaban J connectivity index is 2.54. The number of ether oxygens (including phenoxy) is 1. The summed E-state index contributed by atoms with van der Waals surface area (Å²) in [5.41, 5.74) is -0.623. The lowest BCUT2D eigenvalue weighted by atomic mass is 10.1. The van der Waals surface area contributed by atoms with Crippen LogP contribution in [0.4, 0.5) is 8.78 Å². The molecule has 8 heteroatoms. The third-order valence-electron chi connectivity index (χ3n) is 2.63. The molecular formula is C12H9ClF2N2O3. The van der Waals surface area contributed by atoms with Crippen LogP contribution in [0, 0.1) is 11.6 Å². The first-order chi connectivity index (χ1) is 9.45. The second-order valence-corrected chi connectivity index (χ2v) is 4.32. The summed E-state index contributed by atoms with van der Waals surface area (Å²) in [5.74, 6) is -3.56. The molecule has 1 aromatic carbocycles. The molecule has 0 fully saturated rings. The lowest BCUT2D eigenvalue weighted by molar-refractivity contribution is 0.0690. The molecule has 0 saturated carbocycles. The van der Waals surface area contributed by atoms with Gasteiger partial charge in [-0.05, 0) is 12.1 Å². The number of carbonyl (C=O) groups is 1. The van der Waals surface area contributed by atoms with E-state index in [4.69, 9.17) is 21.4 Å². The number of aromatic carboxylic acids is 1. The SMILES string of the molecule is COCc1c(Cl)cc(-c2cc(C(=O)O)[nH]n2)c(F)c1F. The maximum Gasteiger partial charge on any atom is 0.353 e. The Morgan fingerprint density at radius 3 is 2.70 bits per heavy atom. The number of aromatic nitrogens is 2. The summed E-state index contributed by atoms with van der Waals surface area (Å²) in [6.07, 6.45) is 0. The van der Waals surface area contributed by atoms with Crippen LogP contribution in [0.25, 0.3) is 11.3 Å². The molecule has 1 aromatic heterocycles. The minimum absolute atomic E-state index is 0.0272. The Hall–Kier alpha value is -1.99. The van der Waals surface area contributed by atoms with Crippen LogP contribution in [-0.2, 0) is 11.3 Å². The number of benzene rings is 1. The van der Waals surface area contributed by atoms with Gasteiger partial charge in [0.15, 0.2) is 11.6 Å². The van der Waals surface area contributed by atoms with Crippen molar-refractivity contribution in [2.75, 3.05) is 7.11 Å². The standard InChI is InChI=1S/C12H9ClF2N2O3/c1-20-4-6-7(13)2-5(10(14)11(6)15)8-3-9(12(18)19)17-16-8/h2-3H,4H2,1H3,(H,16,17)(H,18,19). The van der Waals surface area contributed by atoms with Gasteiger partial charge in [-0.2, -0.15) is 5.10 Å². The molecule has 1 heterocycles. The monoisotopic (exact) mass is 302 g/mol. The van der Waals surface area contributed by atoms with E-state index >= 15 is 0 Å². The normalized spacial score (nSPS) is 10.8. The van der Waals surface area contributed by atoms with Gasteiger partial charge < -0.3 is 9.84 Å². The molecule has 0 saturated heterocycles. The molecule has 0 radical (unpaired) electrons. The molecule has 2 rings (SSSR count). The number of carboxylic acids is 1. The quantitative estimate of drug-likeness (QED) is 0.852.